The van der Waals surface area contributed by atoms with Gasteiger partial charge in [-0.25, -0.2) is 4.39 Å². The van der Waals surface area contributed by atoms with Crippen LogP contribution in [0.5, 0.6) is 0 Å². The number of hydrogen-bond acceptors (Lipinski definition) is 3. The number of likely N-dealkylation sites (tertiary alicyclic amines) is 1. The number of nitriles is 1. The first-order valence-electron chi connectivity index (χ1n) is 5.70. The highest BCUT2D eigenvalue weighted by atomic mass is 19.1. The number of likely N-dealkylation sites (N-methyl/N-ethyl adjacent to an activating group) is 1. The van der Waals surface area contributed by atoms with Crippen LogP contribution in [0, 0.1) is 17.1 Å². The minimum Gasteiger partial charge on any atom is -0.364 e. The third-order valence-corrected chi connectivity index (χ3v) is 3.38. The molecule has 2 unspecified atom stereocenters. The highest BCUT2D eigenvalue weighted by Crippen LogP contribution is 2.29. The van der Waals surface area contributed by atoms with Crippen LogP contribution in [0.3, 0.4) is 0 Å². The van der Waals surface area contributed by atoms with Gasteiger partial charge in [0, 0.05) is 19.0 Å². The Hall–Kier alpha value is -1.60. The molecule has 1 saturated heterocycles. The topological polar surface area (TPSA) is 39.1 Å². The van der Waals surface area contributed by atoms with E-state index in [-0.39, 0.29) is 5.82 Å². The van der Waals surface area contributed by atoms with Gasteiger partial charge in [0.1, 0.15) is 11.4 Å². The lowest BCUT2D eigenvalue weighted by Crippen LogP contribution is -2.39. The first-order valence-corrected chi connectivity index (χ1v) is 5.70. The molecule has 0 bridgehead atoms. The van der Waals surface area contributed by atoms with Gasteiger partial charge >= 0.3 is 0 Å². The molecule has 0 aromatic heterocycles. The molecule has 1 aliphatic rings. The van der Waals surface area contributed by atoms with Crippen LogP contribution >= 0.6 is 0 Å². The van der Waals surface area contributed by atoms with Gasteiger partial charge in [0.2, 0.25) is 0 Å². The highest BCUT2D eigenvalue weighted by molar-refractivity contribution is 5.49. The molecule has 3 nitrogen and oxygen atoms in total. The fraction of sp³-hybridized carbons (Fsp3) is 0.462. The molecule has 0 aliphatic carbocycles. The molecule has 1 aromatic rings. The van der Waals surface area contributed by atoms with Crippen LogP contribution in [-0.4, -0.2) is 30.1 Å². The first-order chi connectivity index (χ1) is 8.06. The summed E-state index contributed by atoms with van der Waals surface area (Å²) in [7, 11) is 1.98. The Kier molecular flexibility index (Phi) is 3.03. The predicted molar refractivity (Wildman–Crippen MR) is 65.1 cm³/mol. The number of rotatable bonds is 2. The SMILES string of the molecule is CC1CC(C#N)(Nc2ccccc2F)CN1C. The zero-order valence-electron chi connectivity index (χ0n) is 10.1. The monoisotopic (exact) mass is 233 g/mol. The maximum Gasteiger partial charge on any atom is 0.146 e. The van der Waals surface area contributed by atoms with Gasteiger partial charge in [-0.15, -0.1) is 0 Å². The van der Waals surface area contributed by atoms with E-state index >= 15 is 0 Å². The van der Waals surface area contributed by atoms with Crippen molar-refractivity contribution >= 4 is 5.69 Å². The molecule has 4 heteroatoms. The standard InChI is InChI=1S/C13H16FN3/c1-10-7-13(8-15,9-17(10)2)16-12-6-4-3-5-11(12)14/h3-6,10,16H,7,9H2,1-2H3. The van der Waals surface area contributed by atoms with E-state index in [2.05, 4.69) is 23.2 Å². The third-order valence-electron chi connectivity index (χ3n) is 3.38. The molecule has 90 valence electrons. The Bertz CT molecular complexity index is 442. The van der Waals surface area contributed by atoms with E-state index in [1.165, 1.54) is 6.07 Å². The summed E-state index contributed by atoms with van der Waals surface area (Å²) in [5.41, 5.74) is -0.285. The lowest BCUT2D eigenvalue weighted by molar-refractivity contribution is 0.327. The van der Waals surface area contributed by atoms with Crippen LogP contribution in [0.25, 0.3) is 0 Å². The molecule has 1 fully saturated rings. The Morgan fingerprint density at radius 1 is 1.53 bits per heavy atom. The fourth-order valence-corrected chi connectivity index (χ4v) is 2.33. The van der Waals surface area contributed by atoms with E-state index in [1.807, 2.05) is 7.05 Å². The lowest BCUT2D eigenvalue weighted by atomic mass is 9.97. The first kappa shape index (κ1) is 11.9. The lowest BCUT2D eigenvalue weighted by Gasteiger charge is -2.23. The number of nitrogens with one attached hydrogen (secondary N) is 1. The molecule has 1 heterocycles. The molecule has 2 atom stereocenters. The van der Waals surface area contributed by atoms with Gasteiger partial charge in [0.15, 0.2) is 0 Å². The van der Waals surface area contributed by atoms with Crippen molar-refractivity contribution in [1.82, 2.24) is 4.90 Å². The highest BCUT2D eigenvalue weighted by Gasteiger charge is 2.41. The van der Waals surface area contributed by atoms with Crippen molar-refractivity contribution in [3.05, 3.63) is 30.1 Å². The molecule has 1 aromatic carbocycles. The van der Waals surface area contributed by atoms with Gasteiger partial charge in [-0.05, 0) is 26.1 Å². The second-order valence-corrected chi connectivity index (χ2v) is 4.77. The van der Waals surface area contributed by atoms with Gasteiger partial charge in [-0.3, -0.25) is 0 Å². The maximum atomic E-state index is 13.6. The summed E-state index contributed by atoms with van der Waals surface area (Å²) >= 11 is 0. The van der Waals surface area contributed by atoms with E-state index in [9.17, 15) is 9.65 Å². The average Bonchev–Trinajstić information content (AvgIpc) is 2.59. The smallest absolute Gasteiger partial charge is 0.146 e. The van der Waals surface area contributed by atoms with Crippen molar-refractivity contribution in [3.8, 4) is 6.07 Å². The van der Waals surface area contributed by atoms with Crippen LogP contribution in [0.2, 0.25) is 0 Å². The summed E-state index contributed by atoms with van der Waals surface area (Å²) < 4.78 is 13.6. The van der Waals surface area contributed by atoms with Crippen LogP contribution in [0.1, 0.15) is 13.3 Å². The number of nitrogens with zero attached hydrogens (tertiary/aromatic N) is 2. The van der Waals surface area contributed by atoms with E-state index in [1.54, 1.807) is 18.2 Å². The summed E-state index contributed by atoms with van der Waals surface area (Å²) in [4.78, 5) is 2.11. The van der Waals surface area contributed by atoms with Crippen molar-refractivity contribution in [1.29, 1.82) is 5.26 Å². The maximum absolute atomic E-state index is 13.6. The minimum atomic E-state index is -0.684. The van der Waals surface area contributed by atoms with E-state index in [0.717, 1.165) is 0 Å². The summed E-state index contributed by atoms with van der Waals surface area (Å²) in [5.74, 6) is -0.315. The van der Waals surface area contributed by atoms with E-state index in [4.69, 9.17) is 0 Å². The summed E-state index contributed by atoms with van der Waals surface area (Å²) in [6.45, 7) is 2.68. The zero-order chi connectivity index (χ0) is 12.5. The van der Waals surface area contributed by atoms with Gasteiger partial charge in [0.05, 0.1) is 11.8 Å². The van der Waals surface area contributed by atoms with Crippen LogP contribution in [0.4, 0.5) is 10.1 Å². The molecule has 0 radical (unpaired) electrons. The summed E-state index contributed by atoms with van der Waals surface area (Å²) in [6.07, 6.45) is 0.703. The molecule has 1 aliphatic heterocycles. The average molecular weight is 233 g/mol. The molecule has 0 amide bonds. The van der Waals surface area contributed by atoms with Gasteiger partial charge in [-0.2, -0.15) is 5.26 Å². The molecular formula is C13H16FN3. The van der Waals surface area contributed by atoms with Gasteiger partial charge in [-0.1, -0.05) is 12.1 Å². The van der Waals surface area contributed by atoms with Crippen molar-refractivity contribution in [2.75, 3.05) is 18.9 Å². The summed E-state index contributed by atoms with van der Waals surface area (Å²) in [5, 5.41) is 12.4. The molecular weight excluding hydrogens is 217 g/mol. The Labute approximate surface area is 101 Å². The molecule has 1 N–H and O–H groups in total. The quantitative estimate of drug-likeness (QED) is 0.851. The molecule has 0 saturated carbocycles. The predicted octanol–water partition coefficient (Wildman–Crippen LogP) is 2.22. The minimum absolute atomic E-state index is 0.315. The number of benzene rings is 1. The fourth-order valence-electron chi connectivity index (χ4n) is 2.33. The van der Waals surface area contributed by atoms with Gasteiger partial charge < -0.3 is 10.2 Å². The second-order valence-electron chi connectivity index (χ2n) is 4.77. The number of para-hydroxylation sites is 1. The van der Waals surface area contributed by atoms with E-state index < -0.39 is 5.54 Å². The van der Waals surface area contributed by atoms with Crippen molar-refractivity contribution in [2.24, 2.45) is 0 Å². The normalized spacial score (nSPS) is 28.9. The van der Waals surface area contributed by atoms with Crippen LogP contribution < -0.4 is 5.32 Å². The Balaban J connectivity index is 2.23. The molecule has 0 spiro atoms. The second kappa shape index (κ2) is 4.34. The molecule has 2 rings (SSSR count). The largest absolute Gasteiger partial charge is 0.364 e. The van der Waals surface area contributed by atoms with Crippen LogP contribution in [0.15, 0.2) is 24.3 Å². The van der Waals surface area contributed by atoms with Crippen molar-refractivity contribution in [3.63, 3.8) is 0 Å². The van der Waals surface area contributed by atoms with E-state index in [0.29, 0.717) is 24.7 Å². The Morgan fingerprint density at radius 3 is 2.76 bits per heavy atom. The molecule has 17 heavy (non-hydrogen) atoms. The Morgan fingerprint density at radius 2 is 2.24 bits per heavy atom. The summed E-state index contributed by atoms with van der Waals surface area (Å²) in [6, 6.07) is 9.09. The van der Waals surface area contributed by atoms with Crippen molar-refractivity contribution in [2.45, 2.75) is 24.9 Å². The van der Waals surface area contributed by atoms with Crippen LogP contribution in [-0.2, 0) is 0 Å². The number of hydrogen-bond donors (Lipinski definition) is 1. The van der Waals surface area contributed by atoms with Crippen molar-refractivity contribution < 1.29 is 4.39 Å². The zero-order valence-corrected chi connectivity index (χ0v) is 10.1. The number of anilines is 1. The third kappa shape index (κ3) is 2.25. The number of halogens is 1. The van der Waals surface area contributed by atoms with Gasteiger partial charge in [0.25, 0.3) is 0 Å².